The minimum Gasteiger partial charge on any atom is -0.481 e. The van der Waals surface area contributed by atoms with Crippen LogP contribution in [-0.4, -0.2) is 34.6 Å². The summed E-state index contributed by atoms with van der Waals surface area (Å²) >= 11 is 0. The van der Waals surface area contributed by atoms with Crippen LogP contribution < -0.4 is 5.32 Å². The Morgan fingerprint density at radius 1 is 0.944 bits per heavy atom. The molecule has 0 saturated carbocycles. The molecule has 6 nitrogen and oxygen atoms in total. The van der Waals surface area contributed by atoms with Gasteiger partial charge in [-0.1, -0.05) is 32.6 Å². The summed E-state index contributed by atoms with van der Waals surface area (Å²) in [6, 6.07) is 0. The van der Waals surface area contributed by atoms with E-state index in [4.69, 9.17) is 10.2 Å². The van der Waals surface area contributed by atoms with Gasteiger partial charge in [0.15, 0.2) is 0 Å². The summed E-state index contributed by atoms with van der Waals surface area (Å²) in [6.45, 7) is 3.12. The molecule has 0 radical (unpaired) electrons. The van der Waals surface area contributed by atoms with Crippen molar-refractivity contribution in [2.24, 2.45) is 0 Å². The van der Waals surface area contributed by atoms with Crippen molar-refractivity contribution >= 4 is 17.8 Å². The van der Waals surface area contributed by atoms with Gasteiger partial charge in [-0.2, -0.15) is 0 Å². The van der Waals surface area contributed by atoms with Crippen LogP contribution in [0.5, 0.6) is 0 Å². The molecule has 0 rings (SSSR count). The summed E-state index contributed by atoms with van der Waals surface area (Å²) < 4.78 is 0. The molecule has 0 unspecified atom stereocenters. The van der Waals surface area contributed by atoms with E-state index in [9.17, 15) is 14.4 Å². The highest BCUT2D eigenvalue weighted by Gasteiger charge is 1.95. The molecule has 1 amide bonds. The number of amides is 1. The number of aliphatic carboxylic acids is 2. The predicted molar refractivity (Wildman–Crippen MR) is 67.3 cm³/mol. The van der Waals surface area contributed by atoms with Crippen molar-refractivity contribution in [1.29, 1.82) is 0 Å². The van der Waals surface area contributed by atoms with Crippen molar-refractivity contribution in [2.75, 3.05) is 6.54 Å². The third kappa shape index (κ3) is 23.9. The lowest BCUT2D eigenvalue weighted by Gasteiger charge is -1.95. The number of carbonyl (C=O) groups is 3. The van der Waals surface area contributed by atoms with Crippen LogP contribution in [0.3, 0.4) is 0 Å². The van der Waals surface area contributed by atoms with Crippen LogP contribution in [-0.2, 0) is 14.4 Å². The third-order valence-electron chi connectivity index (χ3n) is 1.98. The molecule has 0 aromatic heterocycles. The average Bonchev–Trinajstić information content (AvgIpc) is 2.26. The highest BCUT2D eigenvalue weighted by atomic mass is 16.4. The summed E-state index contributed by atoms with van der Waals surface area (Å²) in [5.74, 6) is -2.02. The van der Waals surface area contributed by atoms with Gasteiger partial charge in [0.25, 0.3) is 0 Å². The largest absolute Gasteiger partial charge is 0.481 e. The van der Waals surface area contributed by atoms with Gasteiger partial charge in [0.2, 0.25) is 5.91 Å². The van der Waals surface area contributed by atoms with E-state index in [0.29, 0.717) is 6.42 Å². The van der Waals surface area contributed by atoms with Crippen LogP contribution in [0.2, 0.25) is 0 Å². The normalized spacial score (nSPS) is 9.00. The Balaban J connectivity index is 0. The Morgan fingerprint density at radius 3 is 1.83 bits per heavy atom. The number of carbonyl (C=O) groups excluding carboxylic acids is 1. The molecule has 6 heteroatoms. The van der Waals surface area contributed by atoms with Gasteiger partial charge in [0.05, 0.1) is 0 Å². The molecule has 0 aromatic rings. The van der Waals surface area contributed by atoms with Crippen LogP contribution in [0.15, 0.2) is 0 Å². The molecule has 0 heterocycles. The quantitative estimate of drug-likeness (QED) is 0.576. The van der Waals surface area contributed by atoms with Gasteiger partial charge >= 0.3 is 11.9 Å². The second-order valence-corrected chi connectivity index (χ2v) is 3.86. The molecular weight excluding hydrogens is 238 g/mol. The molecule has 0 aromatic carbocycles. The first-order valence-electron chi connectivity index (χ1n) is 6.08. The van der Waals surface area contributed by atoms with E-state index in [-0.39, 0.29) is 12.5 Å². The van der Waals surface area contributed by atoms with E-state index >= 15 is 0 Å². The molecule has 18 heavy (non-hydrogen) atoms. The van der Waals surface area contributed by atoms with Crippen LogP contribution in [0.25, 0.3) is 0 Å². The van der Waals surface area contributed by atoms with Crippen LogP contribution in [0, 0.1) is 0 Å². The monoisotopic (exact) mass is 261 g/mol. The Morgan fingerprint density at radius 2 is 1.50 bits per heavy atom. The molecule has 0 aliphatic heterocycles. The Kier molecular flexibility index (Phi) is 14.0. The first-order chi connectivity index (χ1) is 8.40. The summed E-state index contributed by atoms with van der Waals surface area (Å²) in [6.07, 6.45) is 5.88. The van der Waals surface area contributed by atoms with Crippen LogP contribution >= 0.6 is 0 Å². The Bertz CT molecular complexity index is 239. The van der Waals surface area contributed by atoms with Gasteiger partial charge in [0, 0.05) is 13.3 Å². The number of nitrogens with one attached hydrogen (secondary N) is 1. The minimum atomic E-state index is -1.03. The molecule has 0 aliphatic carbocycles. The molecule has 0 saturated heterocycles. The predicted octanol–water partition coefficient (Wildman–Crippen LogP) is 1.64. The zero-order chi connectivity index (χ0) is 14.4. The number of hydrogen-bond donors (Lipinski definition) is 3. The van der Waals surface area contributed by atoms with E-state index in [2.05, 4.69) is 12.2 Å². The van der Waals surface area contributed by atoms with Crippen LogP contribution in [0.4, 0.5) is 0 Å². The first kappa shape index (κ1) is 18.8. The van der Waals surface area contributed by atoms with Crippen molar-refractivity contribution in [3.05, 3.63) is 0 Å². The maximum Gasteiger partial charge on any atom is 0.322 e. The van der Waals surface area contributed by atoms with Crippen molar-refractivity contribution in [3.63, 3.8) is 0 Å². The first-order valence-corrected chi connectivity index (χ1v) is 6.08. The number of rotatable bonds is 8. The number of carboxylic acids is 2. The zero-order valence-corrected chi connectivity index (χ0v) is 11.1. The SMILES string of the molecule is CC(=O)NCC(=O)O.CCCCCCCC(=O)O. The average molecular weight is 261 g/mol. The van der Waals surface area contributed by atoms with Crippen LogP contribution in [0.1, 0.15) is 52.4 Å². The second kappa shape index (κ2) is 13.5. The summed E-state index contributed by atoms with van der Waals surface area (Å²) in [4.78, 5) is 29.7. The van der Waals surface area contributed by atoms with Crippen molar-refractivity contribution < 1.29 is 24.6 Å². The molecule has 0 bridgehead atoms. The van der Waals surface area contributed by atoms with Gasteiger partial charge in [-0.05, 0) is 6.42 Å². The number of hydrogen-bond acceptors (Lipinski definition) is 3. The molecule has 0 aliphatic rings. The number of unbranched alkanes of at least 4 members (excludes halogenated alkanes) is 4. The lowest BCUT2D eigenvalue weighted by molar-refractivity contribution is -0.138. The molecule has 0 fully saturated rings. The Labute approximate surface area is 107 Å². The Hall–Kier alpha value is -1.59. The van der Waals surface area contributed by atoms with Crippen molar-refractivity contribution in [2.45, 2.75) is 52.4 Å². The molecular formula is C12H23NO5. The zero-order valence-electron chi connectivity index (χ0n) is 11.1. The maximum atomic E-state index is 10.0. The molecule has 3 N–H and O–H groups in total. The fourth-order valence-corrected chi connectivity index (χ4v) is 1.08. The number of carboxylic acid groups (broad SMARTS) is 2. The highest BCUT2D eigenvalue weighted by molar-refractivity contribution is 5.79. The topological polar surface area (TPSA) is 104 Å². The smallest absolute Gasteiger partial charge is 0.322 e. The minimum absolute atomic E-state index is 0.296. The lowest BCUT2D eigenvalue weighted by atomic mass is 10.1. The standard InChI is InChI=1S/C8H16O2.C4H7NO3/c1-2-3-4-5-6-7-8(9)10;1-3(6)5-2-4(7)8/h2-7H2,1H3,(H,9,10);2H2,1H3,(H,5,6)(H,7,8). The molecule has 106 valence electrons. The maximum absolute atomic E-state index is 10.0. The summed E-state index contributed by atoms with van der Waals surface area (Å²) in [5, 5.41) is 18.3. The van der Waals surface area contributed by atoms with E-state index in [1.165, 1.54) is 26.2 Å². The summed E-state index contributed by atoms with van der Waals surface area (Å²) in [5.41, 5.74) is 0. The van der Waals surface area contributed by atoms with Gasteiger partial charge in [-0.15, -0.1) is 0 Å². The van der Waals surface area contributed by atoms with E-state index in [1.807, 2.05) is 0 Å². The molecule has 0 spiro atoms. The fraction of sp³-hybridized carbons (Fsp3) is 0.750. The fourth-order valence-electron chi connectivity index (χ4n) is 1.08. The van der Waals surface area contributed by atoms with Gasteiger partial charge in [-0.3, -0.25) is 14.4 Å². The van der Waals surface area contributed by atoms with Gasteiger partial charge < -0.3 is 15.5 Å². The summed E-state index contributed by atoms with van der Waals surface area (Å²) in [7, 11) is 0. The van der Waals surface area contributed by atoms with Crippen molar-refractivity contribution in [1.82, 2.24) is 5.32 Å². The second-order valence-electron chi connectivity index (χ2n) is 3.86. The third-order valence-corrected chi connectivity index (χ3v) is 1.98. The molecule has 0 atom stereocenters. The van der Waals surface area contributed by atoms with Gasteiger partial charge in [-0.25, -0.2) is 0 Å². The van der Waals surface area contributed by atoms with E-state index < -0.39 is 11.9 Å². The highest BCUT2D eigenvalue weighted by Crippen LogP contribution is 2.04. The lowest BCUT2D eigenvalue weighted by Crippen LogP contribution is -2.26. The van der Waals surface area contributed by atoms with Gasteiger partial charge in [0.1, 0.15) is 6.54 Å². The van der Waals surface area contributed by atoms with E-state index in [1.54, 1.807) is 0 Å². The van der Waals surface area contributed by atoms with Crippen molar-refractivity contribution in [3.8, 4) is 0 Å². The van der Waals surface area contributed by atoms with E-state index in [0.717, 1.165) is 12.8 Å².